The van der Waals surface area contributed by atoms with E-state index in [9.17, 15) is 9.59 Å². The molecule has 0 aromatic heterocycles. The van der Waals surface area contributed by atoms with Gasteiger partial charge in [0, 0.05) is 23.9 Å². The molecular formula is C18H19N3O3S. The molecule has 0 bridgehead atoms. The molecule has 0 saturated heterocycles. The van der Waals surface area contributed by atoms with Gasteiger partial charge in [-0.15, -0.1) is 0 Å². The van der Waals surface area contributed by atoms with Gasteiger partial charge in [-0.25, -0.2) is 0 Å². The van der Waals surface area contributed by atoms with E-state index >= 15 is 0 Å². The topological polar surface area (TPSA) is 79.5 Å². The van der Waals surface area contributed by atoms with Crippen LogP contribution in [-0.2, 0) is 4.79 Å². The number of anilines is 2. The Hall–Kier alpha value is -2.93. The molecule has 0 aliphatic carbocycles. The summed E-state index contributed by atoms with van der Waals surface area (Å²) in [5, 5.41) is 8.39. The first-order valence-corrected chi connectivity index (χ1v) is 8.11. The second-order valence-corrected chi connectivity index (χ2v) is 5.53. The van der Waals surface area contributed by atoms with Gasteiger partial charge in [-0.3, -0.25) is 14.9 Å². The summed E-state index contributed by atoms with van der Waals surface area (Å²) in [6, 6.07) is 13.8. The number of thiocarbonyl (C=S) groups is 1. The van der Waals surface area contributed by atoms with E-state index in [-0.39, 0.29) is 16.9 Å². The number of carbonyl (C=O) groups excluding carboxylic acids is 2. The molecule has 2 aromatic rings. The third-order valence-electron chi connectivity index (χ3n) is 3.12. The van der Waals surface area contributed by atoms with Crippen molar-refractivity contribution in [1.82, 2.24) is 5.32 Å². The lowest BCUT2D eigenvalue weighted by Gasteiger charge is -2.11. The van der Waals surface area contributed by atoms with E-state index in [4.69, 9.17) is 17.0 Å². The third-order valence-corrected chi connectivity index (χ3v) is 3.32. The molecule has 0 unspecified atom stereocenters. The highest BCUT2D eigenvalue weighted by molar-refractivity contribution is 7.80. The van der Waals surface area contributed by atoms with E-state index in [1.807, 2.05) is 6.92 Å². The van der Waals surface area contributed by atoms with Crippen molar-refractivity contribution in [3.8, 4) is 5.75 Å². The summed E-state index contributed by atoms with van der Waals surface area (Å²) >= 11 is 5.14. The van der Waals surface area contributed by atoms with Crippen LogP contribution in [0.4, 0.5) is 11.4 Å². The molecule has 0 atom stereocenters. The van der Waals surface area contributed by atoms with Crippen LogP contribution in [0.1, 0.15) is 24.2 Å². The summed E-state index contributed by atoms with van der Waals surface area (Å²) in [5.74, 6) is 0.258. The zero-order valence-corrected chi connectivity index (χ0v) is 14.8. The summed E-state index contributed by atoms with van der Waals surface area (Å²) in [7, 11) is 0. The molecule has 2 amide bonds. The van der Waals surface area contributed by atoms with Crippen molar-refractivity contribution in [1.29, 1.82) is 0 Å². The quantitative estimate of drug-likeness (QED) is 0.716. The number of benzene rings is 2. The SMILES string of the molecule is CCOc1ccc(C(=O)NC(=S)Nc2ccc(NC(C)=O)cc2)cc1. The van der Waals surface area contributed by atoms with Gasteiger partial charge in [-0.2, -0.15) is 0 Å². The molecule has 0 saturated carbocycles. The van der Waals surface area contributed by atoms with Crippen molar-refractivity contribution < 1.29 is 14.3 Å². The molecule has 0 fully saturated rings. The van der Waals surface area contributed by atoms with E-state index in [1.54, 1.807) is 48.5 Å². The molecule has 6 nitrogen and oxygen atoms in total. The van der Waals surface area contributed by atoms with Crippen LogP contribution in [0.5, 0.6) is 5.75 Å². The van der Waals surface area contributed by atoms with Crippen LogP contribution in [0, 0.1) is 0 Å². The Kier molecular flexibility index (Phi) is 6.47. The Morgan fingerprint density at radius 1 is 0.960 bits per heavy atom. The standard InChI is InChI=1S/C18H19N3O3S/c1-3-24-16-10-4-13(5-11-16)17(23)21-18(25)20-15-8-6-14(7-9-15)19-12(2)22/h4-11H,3H2,1-2H3,(H,19,22)(H2,20,21,23,25). The molecular weight excluding hydrogens is 338 g/mol. The molecule has 2 rings (SSSR count). The number of carbonyl (C=O) groups is 2. The van der Waals surface area contributed by atoms with Gasteiger partial charge >= 0.3 is 0 Å². The molecule has 0 radical (unpaired) electrons. The lowest BCUT2D eigenvalue weighted by Crippen LogP contribution is -2.34. The van der Waals surface area contributed by atoms with Crippen LogP contribution in [0.25, 0.3) is 0 Å². The van der Waals surface area contributed by atoms with Crippen molar-refractivity contribution >= 4 is 40.5 Å². The second-order valence-electron chi connectivity index (χ2n) is 5.12. The molecule has 2 aromatic carbocycles. The van der Waals surface area contributed by atoms with Crippen molar-refractivity contribution in [3.63, 3.8) is 0 Å². The Morgan fingerprint density at radius 2 is 1.52 bits per heavy atom. The third kappa shape index (κ3) is 5.89. The van der Waals surface area contributed by atoms with Crippen LogP contribution in [0.2, 0.25) is 0 Å². The number of nitrogens with one attached hydrogen (secondary N) is 3. The number of amides is 2. The predicted molar refractivity (Wildman–Crippen MR) is 102 cm³/mol. The summed E-state index contributed by atoms with van der Waals surface area (Å²) < 4.78 is 5.34. The molecule has 0 aliphatic rings. The van der Waals surface area contributed by atoms with Gasteiger partial charge in [0.15, 0.2) is 5.11 Å². The number of hydrogen-bond donors (Lipinski definition) is 3. The van der Waals surface area contributed by atoms with Gasteiger partial charge in [0.05, 0.1) is 6.61 Å². The molecule has 0 spiro atoms. The Labute approximate surface area is 151 Å². The lowest BCUT2D eigenvalue weighted by molar-refractivity contribution is -0.114. The van der Waals surface area contributed by atoms with Gasteiger partial charge in [0.1, 0.15) is 5.75 Å². The maximum atomic E-state index is 12.2. The monoisotopic (exact) mass is 357 g/mol. The van der Waals surface area contributed by atoms with Crippen molar-refractivity contribution in [2.75, 3.05) is 17.2 Å². The van der Waals surface area contributed by atoms with Gasteiger partial charge in [-0.05, 0) is 67.7 Å². The van der Waals surface area contributed by atoms with Crippen LogP contribution < -0.4 is 20.7 Å². The Balaban J connectivity index is 1.90. The van der Waals surface area contributed by atoms with Gasteiger partial charge in [0.2, 0.25) is 5.91 Å². The molecule has 0 heterocycles. The average molecular weight is 357 g/mol. The lowest BCUT2D eigenvalue weighted by atomic mass is 10.2. The van der Waals surface area contributed by atoms with Crippen molar-refractivity contribution in [3.05, 3.63) is 54.1 Å². The van der Waals surface area contributed by atoms with Crippen LogP contribution in [0.3, 0.4) is 0 Å². The Morgan fingerprint density at radius 3 is 2.04 bits per heavy atom. The fourth-order valence-corrected chi connectivity index (χ4v) is 2.26. The van der Waals surface area contributed by atoms with Gasteiger partial charge in [0.25, 0.3) is 5.91 Å². The number of hydrogen-bond acceptors (Lipinski definition) is 4. The summed E-state index contributed by atoms with van der Waals surface area (Å²) in [4.78, 5) is 23.1. The average Bonchev–Trinajstić information content (AvgIpc) is 2.57. The Bertz CT molecular complexity index is 758. The highest BCUT2D eigenvalue weighted by atomic mass is 32.1. The second kappa shape index (κ2) is 8.79. The smallest absolute Gasteiger partial charge is 0.257 e. The first-order chi connectivity index (χ1) is 12.0. The van der Waals surface area contributed by atoms with Crippen LogP contribution in [-0.4, -0.2) is 23.5 Å². The van der Waals surface area contributed by atoms with Gasteiger partial charge in [-0.1, -0.05) is 0 Å². The number of rotatable bonds is 5. The van der Waals surface area contributed by atoms with E-state index < -0.39 is 0 Å². The first-order valence-electron chi connectivity index (χ1n) is 7.71. The normalized spacial score (nSPS) is 9.84. The summed E-state index contributed by atoms with van der Waals surface area (Å²) in [5.41, 5.74) is 1.86. The predicted octanol–water partition coefficient (Wildman–Crippen LogP) is 3.17. The largest absolute Gasteiger partial charge is 0.494 e. The van der Waals surface area contributed by atoms with Crippen LogP contribution in [0.15, 0.2) is 48.5 Å². The molecule has 3 N–H and O–H groups in total. The van der Waals surface area contributed by atoms with Crippen molar-refractivity contribution in [2.45, 2.75) is 13.8 Å². The number of ether oxygens (including phenoxy) is 1. The minimum atomic E-state index is -0.310. The maximum absolute atomic E-state index is 12.2. The minimum absolute atomic E-state index is 0.140. The maximum Gasteiger partial charge on any atom is 0.257 e. The molecule has 130 valence electrons. The van der Waals surface area contributed by atoms with E-state index in [0.29, 0.717) is 29.3 Å². The fraction of sp³-hybridized carbons (Fsp3) is 0.167. The van der Waals surface area contributed by atoms with Gasteiger partial charge < -0.3 is 15.4 Å². The first kappa shape index (κ1) is 18.4. The highest BCUT2D eigenvalue weighted by Crippen LogP contribution is 2.14. The summed E-state index contributed by atoms with van der Waals surface area (Å²) in [6.07, 6.45) is 0. The minimum Gasteiger partial charge on any atom is -0.494 e. The fourth-order valence-electron chi connectivity index (χ4n) is 2.05. The van der Waals surface area contributed by atoms with E-state index in [0.717, 1.165) is 0 Å². The molecule has 0 aliphatic heterocycles. The molecule has 7 heteroatoms. The van der Waals surface area contributed by atoms with Crippen LogP contribution >= 0.6 is 12.2 Å². The van der Waals surface area contributed by atoms with Crippen molar-refractivity contribution in [2.24, 2.45) is 0 Å². The molecule has 25 heavy (non-hydrogen) atoms. The zero-order chi connectivity index (χ0) is 18.2. The van der Waals surface area contributed by atoms with E-state index in [1.165, 1.54) is 6.92 Å². The summed E-state index contributed by atoms with van der Waals surface area (Å²) in [6.45, 7) is 3.91. The van der Waals surface area contributed by atoms with E-state index in [2.05, 4.69) is 16.0 Å². The highest BCUT2D eigenvalue weighted by Gasteiger charge is 2.08. The zero-order valence-electron chi connectivity index (χ0n) is 14.0.